The molecule has 0 saturated carbocycles. The van der Waals surface area contributed by atoms with E-state index in [4.69, 9.17) is 5.73 Å². The van der Waals surface area contributed by atoms with Gasteiger partial charge in [0.25, 0.3) is 5.91 Å². The van der Waals surface area contributed by atoms with Gasteiger partial charge in [-0.2, -0.15) is 0 Å². The second kappa shape index (κ2) is 7.93. The highest BCUT2D eigenvalue weighted by atomic mass is 35.5. The molecule has 0 aliphatic carbocycles. The smallest absolute Gasteiger partial charge is 0.254 e. The van der Waals surface area contributed by atoms with Crippen molar-refractivity contribution in [2.45, 2.75) is 25.8 Å². The number of hydrogen-bond acceptors (Lipinski definition) is 2. The molecule has 1 heterocycles. The van der Waals surface area contributed by atoms with E-state index in [2.05, 4.69) is 0 Å². The van der Waals surface area contributed by atoms with Crippen LogP contribution in [0.5, 0.6) is 0 Å². The summed E-state index contributed by atoms with van der Waals surface area (Å²) in [5, 5.41) is 0. The SMILES string of the molecule is Cc1cc(F)ccc1-c1ccc(C(=O)N2CCCC2CN)cc1F.Cl. The van der Waals surface area contributed by atoms with E-state index in [1.807, 2.05) is 0 Å². The van der Waals surface area contributed by atoms with Crippen molar-refractivity contribution in [2.24, 2.45) is 5.73 Å². The first-order valence-electron chi connectivity index (χ1n) is 8.08. The minimum absolute atomic E-state index is 0. The van der Waals surface area contributed by atoms with Crippen LogP contribution in [0.3, 0.4) is 0 Å². The Morgan fingerprint density at radius 2 is 1.92 bits per heavy atom. The monoisotopic (exact) mass is 366 g/mol. The fourth-order valence-corrected chi connectivity index (χ4v) is 3.31. The number of aryl methyl sites for hydroxylation is 1. The van der Waals surface area contributed by atoms with Gasteiger partial charge in [-0.25, -0.2) is 8.78 Å². The van der Waals surface area contributed by atoms with Crippen LogP contribution in [0.1, 0.15) is 28.8 Å². The van der Waals surface area contributed by atoms with E-state index >= 15 is 0 Å². The van der Waals surface area contributed by atoms with Gasteiger partial charge in [0.15, 0.2) is 0 Å². The van der Waals surface area contributed by atoms with Crippen molar-refractivity contribution in [2.75, 3.05) is 13.1 Å². The highest BCUT2D eigenvalue weighted by molar-refractivity contribution is 5.95. The fraction of sp³-hybridized carbons (Fsp3) is 0.316. The van der Waals surface area contributed by atoms with Crippen LogP contribution in [-0.2, 0) is 0 Å². The number of hydrogen-bond donors (Lipinski definition) is 1. The molecule has 3 nitrogen and oxygen atoms in total. The van der Waals surface area contributed by atoms with Crippen LogP contribution in [0, 0.1) is 18.6 Å². The van der Waals surface area contributed by atoms with E-state index in [0.29, 0.717) is 35.3 Å². The third kappa shape index (κ3) is 3.83. The minimum Gasteiger partial charge on any atom is -0.334 e. The van der Waals surface area contributed by atoms with Gasteiger partial charge < -0.3 is 10.6 Å². The maximum absolute atomic E-state index is 14.6. The molecule has 2 N–H and O–H groups in total. The van der Waals surface area contributed by atoms with Gasteiger partial charge in [0, 0.05) is 30.3 Å². The van der Waals surface area contributed by atoms with Gasteiger partial charge in [-0.15, -0.1) is 12.4 Å². The molecule has 1 amide bonds. The zero-order valence-corrected chi connectivity index (χ0v) is 14.8. The van der Waals surface area contributed by atoms with E-state index in [1.165, 1.54) is 18.2 Å². The summed E-state index contributed by atoms with van der Waals surface area (Å²) < 4.78 is 27.8. The predicted octanol–water partition coefficient (Wildman–Crippen LogP) is 3.93. The van der Waals surface area contributed by atoms with E-state index < -0.39 is 5.82 Å². The van der Waals surface area contributed by atoms with Crippen molar-refractivity contribution in [1.82, 2.24) is 4.90 Å². The summed E-state index contributed by atoms with van der Waals surface area (Å²) in [6.07, 6.45) is 1.81. The van der Waals surface area contributed by atoms with Crippen molar-refractivity contribution in [3.05, 3.63) is 59.2 Å². The van der Waals surface area contributed by atoms with E-state index in [9.17, 15) is 13.6 Å². The Hall–Kier alpha value is -1.98. The standard InChI is InChI=1S/C19H20F2N2O.ClH/c1-12-9-14(20)5-7-16(12)17-6-4-13(10-18(17)21)19(24)23-8-2-3-15(23)11-22;/h4-7,9-10,15H,2-3,8,11,22H2,1H3;1H. The lowest BCUT2D eigenvalue weighted by atomic mass is 9.98. The fourth-order valence-electron chi connectivity index (χ4n) is 3.31. The number of halogens is 3. The molecular formula is C19H21ClF2N2O. The average Bonchev–Trinajstić information content (AvgIpc) is 3.03. The van der Waals surface area contributed by atoms with Gasteiger partial charge in [0.1, 0.15) is 11.6 Å². The lowest BCUT2D eigenvalue weighted by molar-refractivity contribution is 0.0740. The second-order valence-corrected chi connectivity index (χ2v) is 6.18. The molecule has 2 aromatic carbocycles. The Kier molecular flexibility index (Phi) is 6.14. The zero-order chi connectivity index (χ0) is 17.3. The van der Waals surface area contributed by atoms with Gasteiger partial charge in [-0.3, -0.25) is 4.79 Å². The van der Waals surface area contributed by atoms with Crippen molar-refractivity contribution in [3.8, 4) is 11.1 Å². The number of nitrogens with zero attached hydrogens (tertiary/aromatic N) is 1. The molecule has 0 radical (unpaired) electrons. The molecule has 1 saturated heterocycles. The van der Waals surface area contributed by atoms with Gasteiger partial charge in [-0.1, -0.05) is 12.1 Å². The second-order valence-electron chi connectivity index (χ2n) is 6.18. The molecule has 0 bridgehead atoms. The van der Waals surface area contributed by atoms with Gasteiger partial charge in [0.05, 0.1) is 0 Å². The summed E-state index contributed by atoms with van der Waals surface area (Å²) in [7, 11) is 0. The summed E-state index contributed by atoms with van der Waals surface area (Å²) in [4.78, 5) is 14.3. The van der Waals surface area contributed by atoms with E-state index in [-0.39, 0.29) is 30.2 Å². The molecule has 3 rings (SSSR count). The summed E-state index contributed by atoms with van der Waals surface area (Å²) in [5.41, 5.74) is 7.65. The molecule has 1 aliphatic heterocycles. The third-order valence-electron chi connectivity index (χ3n) is 4.60. The van der Waals surface area contributed by atoms with Crippen molar-refractivity contribution >= 4 is 18.3 Å². The largest absolute Gasteiger partial charge is 0.334 e. The summed E-state index contributed by atoms with van der Waals surface area (Å²) in [5.74, 6) is -1.03. The van der Waals surface area contributed by atoms with Crippen molar-refractivity contribution < 1.29 is 13.6 Å². The number of amides is 1. The number of likely N-dealkylation sites (tertiary alicyclic amines) is 1. The molecule has 1 unspecified atom stereocenters. The molecule has 6 heteroatoms. The Morgan fingerprint density at radius 1 is 1.20 bits per heavy atom. The van der Waals surface area contributed by atoms with Crippen LogP contribution < -0.4 is 5.73 Å². The van der Waals surface area contributed by atoms with Crippen LogP contribution in [0.15, 0.2) is 36.4 Å². The van der Waals surface area contributed by atoms with Crippen LogP contribution >= 0.6 is 12.4 Å². The average molecular weight is 367 g/mol. The van der Waals surface area contributed by atoms with Crippen LogP contribution in [0.4, 0.5) is 8.78 Å². The maximum Gasteiger partial charge on any atom is 0.254 e. The van der Waals surface area contributed by atoms with Gasteiger partial charge in [0.2, 0.25) is 0 Å². The Balaban J connectivity index is 0.00000225. The van der Waals surface area contributed by atoms with E-state index in [0.717, 1.165) is 12.8 Å². The van der Waals surface area contributed by atoms with Crippen molar-refractivity contribution in [3.63, 3.8) is 0 Å². The molecule has 1 atom stereocenters. The van der Waals surface area contributed by atoms with Crippen molar-refractivity contribution in [1.29, 1.82) is 0 Å². The first-order chi connectivity index (χ1) is 11.5. The summed E-state index contributed by atoms with van der Waals surface area (Å²) >= 11 is 0. The summed E-state index contributed by atoms with van der Waals surface area (Å²) in [6, 6.07) is 8.70. The molecule has 134 valence electrons. The normalized spacial score (nSPS) is 16.6. The Bertz CT molecular complexity index is 782. The minimum atomic E-state index is -0.487. The number of benzene rings is 2. The molecule has 2 aromatic rings. The molecule has 0 spiro atoms. The number of nitrogens with two attached hydrogens (primary N) is 1. The Morgan fingerprint density at radius 3 is 2.56 bits per heavy atom. The quantitative estimate of drug-likeness (QED) is 0.894. The van der Waals surface area contributed by atoms with Gasteiger partial charge >= 0.3 is 0 Å². The topological polar surface area (TPSA) is 46.3 Å². The number of rotatable bonds is 3. The predicted molar refractivity (Wildman–Crippen MR) is 96.9 cm³/mol. The molecular weight excluding hydrogens is 346 g/mol. The maximum atomic E-state index is 14.6. The molecule has 1 fully saturated rings. The highest BCUT2D eigenvalue weighted by Gasteiger charge is 2.28. The first kappa shape index (κ1) is 19.3. The third-order valence-corrected chi connectivity index (χ3v) is 4.60. The Labute approximate surface area is 152 Å². The highest BCUT2D eigenvalue weighted by Crippen LogP contribution is 2.28. The zero-order valence-electron chi connectivity index (χ0n) is 14.0. The molecule has 0 aromatic heterocycles. The van der Waals surface area contributed by atoms with Crippen LogP contribution in [0.2, 0.25) is 0 Å². The van der Waals surface area contributed by atoms with Gasteiger partial charge in [-0.05, 0) is 55.2 Å². The number of carbonyl (C=O) groups is 1. The number of carbonyl (C=O) groups excluding carboxylic acids is 1. The molecule has 25 heavy (non-hydrogen) atoms. The lowest BCUT2D eigenvalue weighted by Gasteiger charge is -2.23. The van der Waals surface area contributed by atoms with Crippen LogP contribution in [0.25, 0.3) is 11.1 Å². The summed E-state index contributed by atoms with van der Waals surface area (Å²) in [6.45, 7) is 2.80. The van der Waals surface area contributed by atoms with Crippen LogP contribution in [-0.4, -0.2) is 29.9 Å². The first-order valence-corrected chi connectivity index (χ1v) is 8.08. The van der Waals surface area contributed by atoms with E-state index in [1.54, 1.807) is 30.0 Å². The molecule has 1 aliphatic rings. The lowest BCUT2D eigenvalue weighted by Crippen LogP contribution is -2.39.